The average Bonchev–Trinajstić information content (AvgIpc) is 2.79. The molecule has 1 fully saturated rings. The monoisotopic (exact) mass is 266 g/mol. The summed E-state index contributed by atoms with van der Waals surface area (Å²) in [5.41, 5.74) is 5.97. The van der Waals surface area contributed by atoms with E-state index >= 15 is 0 Å². The molecule has 1 aliphatic rings. The fourth-order valence-corrected chi connectivity index (χ4v) is 3.68. The minimum atomic E-state index is -0.516. The highest BCUT2D eigenvalue weighted by Crippen LogP contribution is 2.29. The second-order valence-corrected chi connectivity index (χ2v) is 6.60. The maximum Gasteiger partial charge on any atom is 0.242 e. The number of nitrogens with two attached hydrogens (primary N) is 1. The van der Waals surface area contributed by atoms with Crippen molar-refractivity contribution in [1.29, 1.82) is 0 Å². The molecule has 2 rings (SSSR count). The van der Waals surface area contributed by atoms with E-state index in [1.165, 1.54) is 17.8 Å². The van der Waals surface area contributed by atoms with E-state index in [0.717, 1.165) is 17.7 Å². The van der Waals surface area contributed by atoms with E-state index in [-0.39, 0.29) is 5.91 Å². The highest BCUT2D eigenvalue weighted by molar-refractivity contribution is 7.10. The molecule has 0 radical (unpaired) electrons. The molecular weight excluding hydrogens is 244 g/mol. The second kappa shape index (κ2) is 5.85. The Labute approximate surface area is 113 Å². The molecule has 1 aromatic heterocycles. The van der Waals surface area contributed by atoms with Gasteiger partial charge in [0, 0.05) is 10.9 Å². The molecule has 0 aliphatic heterocycles. The van der Waals surface area contributed by atoms with Gasteiger partial charge in [0.2, 0.25) is 5.91 Å². The molecule has 0 bridgehead atoms. The summed E-state index contributed by atoms with van der Waals surface area (Å²) in [4.78, 5) is 13.0. The lowest BCUT2D eigenvalue weighted by Crippen LogP contribution is -2.43. The van der Waals surface area contributed by atoms with Gasteiger partial charge in [-0.05, 0) is 42.5 Å². The fourth-order valence-electron chi connectivity index (χ4n) is 2.95. The quantitative estimate of drug-likeness (QED) is 0.883. The lowest BCUT2D eigenvalue weighted by Gasteiger charge is -2.32. The van der Waals surface area contributed by atoms with Crippen LogP contribution in [0.15, 0.2) is 17.5 Å². The summed E-state index contributed by atoms with van der Waals surface area (Å²) >= 11 is 1.54. The molecule has 1 heterocycles. The Morgan fingerprint density at radius 1 is 1.39 bits per heavy atom. The van der Waals surface area contributed by atoms with Crippen molar-refractivity contribution in [2.75, 3.05) is 0 Å². The second-order valence-electron chi connectivity index (χ2n) is 5.62. The predicted molar refractivity (Wildman–Crippen MR) is 75.4 cm³/mol. The lowest BCUT2D eigenvalue weighted by atomic mass is 9.80. The minimum absolute atomic E-state index is 0.0382. The average molecular weight is 266 g/mol. The molecule has 1 aliphatic carbocycles. The summed E-state index contributed by atoms with van der Waals surface area (Å²) in [5.74, 6) is 1.35. The number of carbonyl (C=O) groups is 1. The van der Waals surface area contributed by atoms with Gasteiger partial charge in [-0.1, -0.05) is 19.9 Å². The van der Waals surface area contributed by atoms with Crippen LogP contribution in [0.2, 0.25) is 0 Å². The van der Waals surface area contributed by atoms with Crippen molar-refractivity contribution in [1.82, 2.24) is 5.32 Å². The molecular formula is C14H22N2OS. The van der Waals surface area contributed by atoms with E-state index in [0.29, 0.717) is 17.9 Å². The number of hydrogen-bond acceptors (Lipinski definition) is 3. The third-order valence-corrected chi connectivity index (χ3v) is 4.61. The molecule has 3 N–H and O–H groups in total. The molecule has 0 saturated heterocycles. The molecule has 3 unspecified atom stereocenters. The van der Waals surface area contributed by atoms with Crippen LogP contribution in [0.25, 0.3) is 0 Å². The molecule has 0 spiro atoms. The fraction of sp³-hybridized carbons (Fsp3) is 0.643. The van der Waals surface area contributed by atoms with Gasteiger partial charge in [-0.25, -0.2) is 0 Å². The third kappa shape index (κ3) is 3.33. The van der Waals surface area contributed by atoms with Gasteiger partial charge in [-0.3, -0.25) is 4.79 Å². The molecule has 3 nitrogen and oxygen atoms in total. The Balaban J connectivity index is 1.91. The zero-order valence-corrected chi connectivity index (χ0v) is 11.9. The number of carbonyl (C=O) groups excluding carboxylic acids is 1. The van der Waals surface area contributed by atoms with Crippen LogP contribution < -0.4 is 11.1 Å². The Morgan fingerprint density at radius 3 is 2.61 bits per heavy atom. The first-order valence-electron chi connectivity index (χ1n) is 6.65. The summed E-state index contributed by atoms with van der Waals surface area (Å²) < 4.78 is 0. The largest absolute Gasteiger partial charge is 0.352 e. The summed E-state index contributed by atoms with van der Waals surface area (Å²) in [6.07, 6.45) is 3.42. The highest BCUT2D eigenvalue weighted by atomic mass is 32.1. The van der Waals surface area contributed by atoms with Crippen molar-refractivity contribution in [3.05, 3.63) is 22.4 Å². The summed E-state index contributed by atoms with van der Waals surface area (Å²) in [6.45, 7) is 4.52. The maximum absolute atomic E-state index is 12.1. The van der Waals surface area contributed by atoms with Crippen LogP contribution in [-0.2, 0) is 4.79 Å². The van der Waals surface area contributed by atoms with Gasteiger partial charge in [0.15, 0.2) is 0 Å². The van der Waals surface area contributed by atoms with E-state index in [1.807, 2.05) is 17.5 Å². The van der Waals surface area contributed by atoms with E-state index in [9.17, 15) is 4.79 Å². The van der Waals surface area contributed by atoms with Crippen LogP contribution in [0, 0.1) is 11.8 Å². The van der Waals surface area contributed by atoms with E-state index in [2.05, 4.69) is 19.2 Å². The van der Waals surface area contributed by atoms with Gasteiger partial charge in [-0.2, -0.15) is 0 Å². The standard InChI is InChI=1S/C14H22N2OS/c1-9-6-10(2)8-11(7-9)16-14(17)13(15)12-4-3-5-18-12/h3-5,9-11,13H,6-8,15H2,1-2H3,(H,16,17). The topological polar surface area (TPSA) is 55.1 Å². The lowest BCUT2D eigenvalue weighted by molar-refractivity contribution is -0.123. The van der Waals surface area contributed by atoms with Crippen molar-refractivity contribution in [2.45, 2.75) is 45.2 Å². The van der Waals surface area contributed by atoms with Crippen LogP contribution in [0.1, 0.15) is 44.0 Å². The maximum atomic E-state index is 12.1. The molecule has 1 saturated carbocycles. The van der Waals surface area contributed by atoms with Gasteiger partial charge in [0.1, 0.15) is 6.04 Å². The summed E-state index contributed by atoms with van der Waals surface area (Å²) in [7, 11) is 0. The van der Waals surface area contributed by atoms with E-state index in [1.54, 1.807) is 0 Å². The van der Waals surface area contributed by atoms with Gasteiger partial charge in [-0.15, -0.1) is 11.3 Å². The Kier molecular flexibility index (Phi) is 4.40. The predicted octanol–water partition coefficient (Wildman–Crippen LogP) is 2.69. The normalized spacial score (nSPS) is 29.8. The number of rotatable bonds is 3. The number of hydrogen-bond donors (Lipinski definition) is 2. The number of nitrogens with one attached hydrogen (secondary N) is 1. The van der Waals surface area contributed by atoms with Crippen molar-refractivity contribution in [3.63, 3.8) is 0 Å². The minimum Gasteiger partial charge on any atom is -0.352 e. The molecule has 3 atom stereocenters. The number of amides is 1. The zero-order valence-electron chi connectivity index (χ0n) is 11.1. The van der Waals surface area contributed by atoms with Crippen molar-refractivity contribution in [3.8, 4) is 0 Å². The summed E-state index contributed by atoms with van der Waals surface area (Å²) in [5, 5.41) is 5.06. The smallest absolute Gasteiger partial charge is 0.242 e. The molecule has 1 aromatic rings. The Bertz CT molecular complexity index is 381. The van der Waals surface area contributed by atoms with Gasteiger partial charge in [0.05, 0.1) is 0 Å². The van der Waals surface area contributed by atoms with Gasteiger partial charge >= 0.3 is 0 Å². The molecule has 0 aromatic carbocycles. The summed E-state index contributed by atoms with van der Waals surface area (Å²) in [6, 6.07) is 3.62. The first-order chi connectivity index (χ1) is 8.56. The van der Waals surface area contributed by atoms with Crippen molar-refractivity contribution >= 4 is 17.2 Å². The number of thiophene rings is 1. The van der Waals surface area contributed by atoms with E-state index in [4.69, 9.17) is 5.73 Å². The van der Waals surface area contributed by atoms with Crippen molar-refractivity contribution in [2.24, 2.45) is 17.6 Å². The first-order valence-corrected chi connectivity index (χ1v) is 7.53. The van der Waals surface area contributed by atoms with Gasteiger partial charge < -0.3 is 11.1 Å². The van der Waals surface area contributed by atoms with Crippen LogP contribution in [0.4, 0.5) is 0 Å². The molecule has 1 amide bonds. The van der Waals surface area contributed by atoms with E-state index < -0.39 is 6.04 Å². The SMILES string of the molecule is CC1CC(C)CC(NC(=O)C(N)c2cccs2)C1. The third-order valence-electron chi connectivity index (χ3n) is 3.66. The van der Waals surface area contributed by atoms with Crippen LogP contribution in [0.3, 0.4) is 0 Å². The zero-order chi connectivity index (χ0) is 13.1. The molecule has 100 valence electrons. The first kappa shape index (κ1) is 13.6. The Hall–Kier alpha value is -0.870. The van der Waals surface area contributed by atoms with Crippen LogP contribution in [0.5, 0.6) is 0 Å². The highest BCUT2D eigenvalue weighted by Gasteiger charge is 2.27. The molecule has 4 heteroatoms. The van der Waals surface area contributed by atoms with Crippen LogP contribution in [-0.4, -0.2) is 11.9 Å². The molecule has 18 heavy (non-hydrogen) atoms. The van der Waals surface area contributed by atoms with Crippen LogP contribution >= 0.6 is 11.3 Å². The van der Waals surface area contributed by atoms with Crippen molar-refractivity contribution < 1.29 is 4.79 Å². The Morgan fingerprint density at radius 2 is 2.06 bits per heavy atom. The van der Waals surface area contributed by atoms with Gasteiger partial charge in [0.25, 0.3) is 0 Å².